The van der Waals surface area contributed by atoms with Crippen LogP contribution < -0.4 is 5.32 Å². The molecule has 0 atom stereocenters. The highest BCUT2D eigenvalue weighted by Crippen LogP contribution is 2.04. The molecular formula is C12H25NO4. The van der Waals surface area contributed by atoms with E-state index in [1.165, 1.54) is 25.7 Å². The van der Waals surface area contributed by atoms with Crippen LogP contribution in [0, 0.1) is 0 Å². The number of hydrogen-bond acceptors (Lipinski definition) is 4. The molecule has 0 saturated carbocycles. The number of aliphatic hydroxyl groups is 2. The summed E-state index contributed by atoms with van der Waals surface area (Å²) >= 11 is 0. The second-order valence-corrected chi connectivity index (χ2v) is 4.09. The number of alkyl carbamates (subject to hydrolysis) is 1. The summed E-state index contributed by atoms with van der Waals surface area (Å²) in [5.41, 5.74) is 0. The Labute approximate surface area is 103 Å². The van der Waals surface area contributed by atoms with E-state index in [4.69, 9.17) is 14.9 Å². The van der Waals surface area contributed by atoms with Gasteiger partial charge in [-0.1, -0.05) is 39.0 Å². The maximum atomic E-state index is 11.2. The minimum atomic E-state index is -0.820. The molecule has 0 aliphatic carbocycles. The summed E-state index contributed by atoms with van der Waals surface area (Å²) in [6.07, 6.45) is 5.58. The van der Waals surface area contributed by atoms with Crippen LogP contribution in [-0.2, 0) is 4.74 Å². The molecule has 0 unspecified atom stereocenters. The van der Waals surface area contributed by atoms with Crippen LogP contribution in [0.3, 0.4) is 0 Å². The first-order valence-corrected chi connectivity index (χ1v) is 6.40. The van der Waals surface area contributed by atoms with Gasteiger partial charge in [0, 0.05) is 6.54 Å². The van der Waals surface area contributed by atoms with E-state index in [2.05, 4.69) is 12.2 Å². The number of ether oxygens (including phenoxy) is 1. The molecular weight excluding hydrogens is 222 g/mol. The molecule has 0 radical (unpaired) electrons. The van der Waals surface area contributed by atoms with Crippen molar-refractivity contribution in [2.45, 2.75) is 51.6 Å². The molecule has 0 bridgehead atoms. The topological polar surface area (TPSA) is 78.8 Å². The number of carbonyl (C=O) groups excluding carboxylic acids is 1. The molecule has 0 aromatic carbocycles. The molecule has 0 aromatic rings. The molecule has 0 aromatic heterocycles. The number of carbonyl (C=O) groups is 1. The first-order chi connectivity index (χ1) is 8.24. The van der Waals surface area contributed by atoms with Gasteiger partial charge in [0.05, 0.1) is 13.2 Å². The summed E-state index contributed by atoms with van der Waals surface area (Å²) in [5.74, 6) is 0. The monoisotopic (exact) mass is 247 g/mol. The molecule has 3 N–H and O–H groups in total. The lowest BCUT2D eigenvalue weighted by atomic mass is 10.1. The smallest absolute Gasteiger partial charge is 0.407 e. The summed E-state index contributed by atoms with van der Waals surface area (Å²) in [6.45, 7) is 2.03. The Morgan fingerprint density at radius 2 is 1.71 bits per heavy atom. The summed E-state index contributed by atoms with van der Waals surface area (Å²) in [5, 5.41) is 20.0. The van der Waals surface area contributed by atoms with Gasteiger partial charge >= 0.3 is 6.09 Å². The van der Waals surface area contributed by atoms with Gasteiger partial charge < -0.3 is 20.3 Å². The van der Waals surface area contributed by atoms with Crippen LogP contribution in [0.1, 0.15) is 45.4 Å². The lowest BCUT2D eigenvalue weighted by Gasteiger charge is -2.13. The van der Waals surface area contributed by atoms with Crippen molar-refractivity contribution in [2.75, 3.05) is 19.8 Å². The molecule has 102 valence electrons. The quantitative estimate of drug-likeness (QED) is 0.510. The molecule has 0 aliphatic rings. The van der Waals surface area contributed by atoms with Gasteiger partial charge in [-0.25, -0.2) is 4.79 Å². The molecule has 5 nitrogen and oxygen atoms in total. The van der Waals surface area contributed by atoms with Gasteiger partial charge in [-0.3, -0.25) is 0 Å². The number of rotatable bonds is 10. The van der Waals surface area contributed by atoms with E-state index in [0.29, 0.717) is 6.54 Å². The van der Waals surface area contributed by atoms with Crippen LogP contribution in [0.5, 0.6) is 0 Å². The SMILES string of the molecule is CCCCCCCCNC(=O)OC(CO)CO. The van der Waals surface area contributed by atoms with Crippen molar-refractivity contribution in [3.63, 3.8) is 0 Å². The zero-order valence-electron chi connectivity index (χ0n) is 10.7. The second kappa shape index (κ2) is 11.7. The largest absolute Gasteiger partial charge is 0.441 e. The van der Waals surface area contributed by atoms with E-state index in [1.54, 1.807) is 0 Å². The normalized spacial score (nSPS) is 10.6. The van der Waals surface area contributed by atoms with Crippen molar-refractivity contribution >= 4 is 6.09 Å². The van der Waals surface area contributed by atoms with E-state index in [-0.39, 0.29) is 13.2 Å². The van der Waals surface area contributed by atoms with Crippen molar-refractivity contribution < 1.29 is 19.7 Å². The predicted octanol–water partition coefficient (Wildman–Crippen LogP) is 1.43. The lowest BCUT2D eigenvalue weighted by Crippen LogP contribution is -2.33. The molecule has 0 rings (SSSR count). The third-order valence-electron chi connectivity index (χ3n) is 2.48. The van der Waals surface area contributed by atoms with E-state index in [9.17, 15) is 4.79 Å². The van der Waals surface area contributed by atoms with Crippen LogP contribution in [0.25, 0.3) is 0 Å². The average molecular weight is 247 g/mol. The second-order valence-electron chi connectivity index (χ2n) is 4.09. The average Bonchev–Trinajstić information content (AvgIpc) is 2.34. The Morgan fingerprint density at radius 3 is 2.29 bits per heavy atom. The van der Waals surface area contributed by atoms with Crippen LogP contribution in [0.15, 0.2) is 0 Å². The molecule has 0 heterocycles. The maximum Gasteiger partial charge on any atom is 0.407 e. The van der Waals surface area contributed by atoms with Gasteiger partial charge in [-0.15, -0.1) is 0 Å². The Kier molecular flexibility index (Phi) is 11.1. The van der Waals surface area contributed by atoms with E-state index in [0.717, 1.165) is 12.8 Å². The zero-order chi connectivity index (χ0) is 12.9. The van der Waals surface area contributed by atoms with Crippen molar-refractivity contribution in [2.24, 2.45) is 0 Å². The van der Waals surface area contributed by atoms with Gasteiger partial charge in [-0.2, -0.15) is 0 Å². The summed E-state index contributed by atoms with van der Waals surface area (Å²) in [7, 11) is 0. The number of amides is 1. The molecule has 5 heteroatoms. The molecule has 1 amide bonds. The molecule has 0 aliphatic heterocycles. The highest BCUT2D eigenvalue weighted by Gasteiger charge is 2.10. The Balaban J connectivity index is 3.33. The fourth-order valence-electron chi connectivity index (χ4n) is 1.42. The summed E-state index contributed by atoms with van der Waals surface area (Å²) < 4.78 is 4.74. The minimum Gasteiger partial charge on any atom is -0.441 e. The maximum absolute atomic E-state index is 11.2. The van der Waals surface area contributed by atoms with Gasteiger partial charge in [0.2, 0.25) is 0 Å². The standard InChI is InChI=1S/C12H25NO4/c1-2-3-4-5-6-7-8-13-12(16)17-11(9-14)10-15/h11,14-15H,2-10H2,1H3,(H,13,16). The third-order valence-corrected chi connectivity index (χ3v) is 2.48. The van der Waals surface area contributed by atoms with Gasteiger partial charge in [0.1, 0.15) is 6.10 Å². The lowest BCUT2D eigenvalue weighted by molar-refractivity contribution is 0.0223. The Bertz CT molecular complexity index is 183. The third kappa shape index (κ3) is 10.1. The van der Waals surface area contributed by atoms with E-state index >= 15 is 0 Å². The van der Waals surface area contributed by atoms with Crippen molar-refractivity contribution in [3.8, 4) is 0 Å². The van der Waals surface area contributed by atoms with Gasteiger partial charge in [-0.05, 0) is 6.42 Å². The van der Waals surface area contributed by atoms with Crippen LogP contribution in [0.4, 0.5) is 4.79 Å². The van der Waals surface area contributed by atoms with Crippen molar-refractivity contribution in [1.82, 2.24) is 5.32 Å². The fraction of sp³-hybridized carbons (Fsp3) is 0.917. The molecule has 0 fully saturated rings. The van der Waals surface area contributed by atoms with Crippen LogP contribution in [-0.4, -0.2) is 42.2 Å². The Hall–Kier alpha value is -0.810. The zero-order valence-corrected chi connectivity index (χ0v) is 10.7. The molecule has 0 saturated heterocycles. The summed E-state index contributed by atoms with van der Waals surface area (Å²) in [6, 6.07) is 0. The predicted molar refractivity (Wildman–Crippen MR) is 65.8 cm³/mol. The first-order valence-electron chi connectivity index (χ1n) is 6.40. The molecule has 0 spiro atoms. The van der Waals surface area contributed by atoms with Crippen molar-refractivity contribution in [1.29, 1.82) is 0 Å². The molecule has 17 heavy (non-hydrogen) atoms. The van der Waals surface area contributed by atoms with E-state index in [1.807, 2.05) is 0 Å². The number of hydrogen-bond donors (Lipinski definition) is 3. The summed E-state index contributed by atoms with van der Waals surface area (Å²) in [4.78, 5) is 11.2. The highest BCUT2D eigenvalue weighted by atomic mass is 16.6. The fourth-order valence-corrected chi connectivity index (χ4v) is 1.42. The van der Waals surface area contributed by atoms with E-state index < -0.39 is 12.2 Å². The van der Waals surface area contributed by atoms with Crippen molar-refractivity contribution in [3.05, 3.63) is 0 Å². The van der Waals surface area contributed by atoms with Crippen LogP contribution >= 0.6 is 0 Å². The minimum absolute atomic E-state index is 0.360. The number of nitrogens with one attached hydrogen (secondary N) is 1. The van der Waals surface area contributed by atoms with Crippen LogP contribution in [0.2, 0.25) is 0 Å². The van der Waals surface area contributed by atoms with Gasteiger partial charge in [0.15, 0.2) is 0 Å². The first kappa shape index (κ1) is 16.2. The Morgan fingerprint density at radius 1 is 1.12 bits per heavy atom. The number of unbranched alkanes of at least 4 members (excludes halogenated alkanes) is 5. The number of aliphatic hydroxyl groups excluding tert-OH is 2. The highest BCUT2D eigenvalue weighted by molar-refractivity contribution is 5.67. The van der Waals surface area contributed by atoms with Gasteiger partial charge in [0.25, 0.3) is 0 Å².